The van der Waals surface area contributed by atoms with Crippen molar-refractivity contribution < 1.29 is 19.4 Å². The zero-order chi connectivity index (χ0) is 17.9. The number of rotatable bonds is 4. The van der Waals surface area contributed by atoms with Crippen LogP contribution in [0.15, 0.2) is 6.20 Å². The van der Waals surface area contributed by atoms with Crippen molar-refractivity contribution in [1.29, 1.82) is 0 Å². The number of nitrogens with zero attached hydrogens (tertiary/aromatic N) is 3. The molecule has 0 spiro atoms. The molecule has 1 fully saturated rings. The Kier molecular flexibility index (Phi) is 5.51. The summed E-state index contributed by atoms with van der Waals surface area (Å²) >= 11 is 0. The van der Waals surface area contributed by atoms with E-state index in [1.807, 2.05) is 20.8 Å². The van der Waals surface area contributed by atoms with Crippen molar-refractivity contribution in [3.8, 4) is 0 Å². The van der Waals surface area contributed by atoms with Gasteiger partial charge in [0.15, 0.2) is 0 Å². The molecule has 0 aliphatic carbocycles. The zero-order valence-electron chi connectivity index (χ0n) is 14.9. The maximum Gasteiger partial charge on any atom is 0.410 e. The minimum absolute atomic E-state index is 0.261. The predicted octanol–water partition coefficient (Wildman–Crippen LogP) is 2.70. The van der Waals surface area contributed by atoms with Crippen molar-refractivity contribution >= 4 is 12.1 Å². The van der Waals surface area contributed by atoms with Crippen LogP contribution >= 0.6 is 0 Å². The predicted molar refractivity (Wildman–Crippen MR) is 89.0 cm³/mol. The second-order valence-electron chi connectivity index (χ2n) is 7.41. The Balaban J connectivity index is 1.93. The third-order valence-corrected chi connectivity index (χ3v) is 4.25. The Morgan fingerprint density at radius 1 is 1.42 bits per heavy atom. The number of aromatic carboxylic acids is 1. The summed E-state index contributed by atoms with van der Waals surface area (Å²) in [6.07, 6.45) is 4.59. The van der Waals surface area contributed by atoms with Crippen molar-refractivity contribution in [2.75, 3.05) is 13.1 Å². The first-order valence-corrected chi connectivity index (χ1v) is 8.39. The zero-order valence-corrected chi connectivity index (χ0v) is 14.9. The normalized spacial score (nSPS) is 18.5. The molecule has 0 saturated carbocycles. The minimum Gasteiger partial charge on any atom is -0.478 e. The molecule has 0 radical (unpaired) electrons. The van der Waals surface area contributed by atoms with Gasteiger partial charge in [0.25, 0.3) is 0 Å². The number of piperidine rings is 1. The van der Waals surface area contributed by atoms with Gasteiger partial charge in [-0.05, 0) is 52.4 Å². The average Bonchev–Trinajstić information content (AvgIpc) is 2.85. The van der Waals surface area contributed by atoms with Gasteiger partial charge >= 0.3 is 12.1 Å². The number of likely N-dealkylation sites (tertiary alicyclic amines) is 1. The Labute approximate surface area is 142 Å². The second kappa shape index (κ2) is 7.23. The van der Waals surface area contributed by atoms with Crippen molar-refractivity contribution in [2.45, 2.75) is 52.1 Å². The molecule has 2 heterocycles. The highest BCUT2D eigenvalue weighted by molar-refractivity contribution is 5.88. The van der Waals surface area contributed by atoms with E-state index >= 15 is 0 Å². The summed E-state index contributed by atoms with van der Waals surface area (Å²) in [7, 11) is 1.76. The molecule has 1 unspecified atom stereocenters. The Morgan fingerprint density at radius 2 is 2.12 bits per heavy atom. The van der Waals surface area contributed by atoms with Gasteiger partial charge in [-0.15, -0.1) is 0 Å². The smallest absolute Gasteiger partial charge is 0.410 e. The number of amides is 1. The second-order valence-corrected chi connectivity index (χ2v) is 7.41. The first-order valence-electron chi connectivity index (χ1n) is 8.39. The van der Waals surface area contributed by atoms with E-state index in [2.05, 4.69) is 5.10 Å². The van der Waals surface area contributed by atoms with Gasteiger partial charge in [0, 0.05) is 20.1 Å². The molecule has 1 atom stereocenters. The SMILES string of the molecule is Cn1ncc(C(=O)O)c1CCC1CCCN(C(=O)OC(C)(C)C)C1. The number of carboxylic acid groups (broad SMARTS) is 1. The summed E-state index contributed by atoms with van der Waals surface area (Å²) in [6, 6.07) is 0. The minimum atomic E-state index is -0.947. The van der Waals surface area contributed by atoms with E-state index in [1.54, 1.807) is 16.6 Å². The molecule has 1 aliphatic heterocycles. The maximum absolute atomic E-state index is 12.2. The highest BCUT2D eigenvalue weighted by Crippen LogP contribution is 2.24. The lowest BCUT2D eigenvalue weighted by molar-refractivity contribution is 0.0162. The summed E-state index contributed by atoms with van der Waals surface area (Å²) in [6.45, 7) is 6.97. The van der Waals surface area contributed by atoms with Gasteiger partial charge in [-0.25, -0.2) is 9.59 Å². The third-order valence-electron chi connectivity index (χ3n) is 4.25. The Hall–Kier alpha value is -2.05. The van der Waals surface area contributed by atoms with E-state index in [-0.39, 0.29) is 11.7 Å². The third kappa shape index (κ3) is 4.72. The highest BCUT2D eigenvalue weighted by atomic mass is 16.6. The molecule has 1 aliphatic rings. The fourth-order valence-electron chi connectivity index (χ4n) is 3.07. The summed E-state index contributed by atoms with van der Waals surface area (Å²) < 4.78 is 7.06. The first kappa shape index (κ1) is 18.3. The molecule has 0 aromatic carbocycles. The molecule has 134 valence electrons. The van der Waals surface area contributed by atoms with E-state index in [1.165, 1.54) is 6.20 Å². The van der Waals surface area contributed by atoms with Gasteiger partial charge in [-0.1, -0.05) is 0 Å². The molecule has 0 bridgehead atoms. The summed E-state index contributed by atoms with van der Waals surface area (Å²) in [4.78, 5) is 25.2. The first-order chi connectivity index (χ1) is 11.2. The van der Waals surface area contributed by atoms with Crippen molar-refractivity contribution in [3.63, 3.8) is 0 Å². The topological polar surface area (TPSA) is 84.7 Å². The fraction of sp³-hybridized carbons (Fsp3) is 0.706. The molecule has 1 aromatic rings. The summed E-state index contributed by atoms with van der Waals surface area (Å²) in [5.74, 6) is -0.597. The molecule has 2 rings (SSSR count). The van der Waals surface area contributed by atoms with Crippen LogP contribution in [0.1, 0.15) is 56.1 Å². The molecule has 7 nitrogen and oxygen atoms in total. The fourth-order valence-corrected chi connectivity index (χ4v) is 3.07. The van der Waals surface area contributed by atoms with Crippen LogP contribution in [0, 0.1) is 5.92 Å². The van der Waals surface area contributed by atoms with Crippen LogP contribution < -0.4 is 0 Å². The van der Waals surface area contributed by atoms with Gasteiger partial charge in [0.1, 0.15) is 11.2 Å². The lowest BCUT2D eigenvalue weighted by Gasteiger charge is -2.34. The number of hydrogen-bond donors (Lipinski definition) is 1. The molecular weight excluding hydrogens is 310 g/mol. The number of aromatic nitrogens is 2. The van der Waals surface area contributed by atoms with Crippen molar-refractivity contribution in [1.82, 2.24) is 14.7 Å². The Morgan fingerprint density at radius 3 is 2.75 bits per heavy atom. The van der Waals surface area contributed by atoms with Crippen molar-refractivity contribution in [2.24, 2.45) is 13.0 Å². The van der Waals surface area contributed by atoms with Crippen LogP contribution in [-0.2, 0) is 18.2 Å². The van der Waals surface area contributed by atoms with Crippen LogP contribution in [0.2, 0.25) is 0 Å². The summed E-state index contributed by atoms with van der Waals surface area (Å²) in [5, 5.41) is 13.3. The van der Waals surface area contributed by atoms with Gasteiger partial charge in [-0.2, -0.15) is 5.10 Å². The Bertz CT molecular complexity index is 603. The van der Waals surface area contributed by atoms with Crippen LogP contribution in [0.25, 0.3) is 0 Å². The highest BCUT2D eigenvalue weighted by Gasteiger charge is 2.28. The number of carboxylic acids is 1. The lowest BCUT2D eigenvalue weighted by Crippen LogP contribution is -2.43. The number of hydrogen-bond acceptors (Lipinski definition) is 4. The molecule has 24 heavy (non-hydrogen) atoms. The number of carbonyl (C=O) groups excluding carboxylic acids is 1. The van der Waals surface area contributed by atoms with Crippen LogP contribution in [0.5, 0.6) is 0 Å². The summed E-state index contributed by atoms with van der Waals surface area (Å²) in [5.41, 5.74) is 0.504. The van der Waals surface area contributed by atoms with Gasteiger partial charge in [0.05, 0.1) is 11.9 Å². The number of ether oxygens (including phenoxy) is 1. The van der Waals surface area contributed by atoms with Crippen molar-refractivity contribution in [3.05, 3.63) is 17.5 Å². The maximum atomic E-state index is 12.2. The van der Waals surface area contributed by atoms with E-state index in [9.17, 15) is 14.7 Å². The quantitative estimate of drug-likeness (QED) is 0.913. The largest absolute Gasteiger partial charge is 0.478 e. The van der Waals surface area contributed by atoms with Gasteiger partial charge in [-0.3, -0.25) is 4.68 Å². The van der Waals surface area contributed by atoms with E-state index in [4.69, 9.17) is 4.74 Å². The molecule has 1 N–H and O–H groups in total. The standard InChI is InChI=1S/C17H27N3O4/c1-17(2,3)24-16(23)20-9-5-6-12(11-20)7-8-14-13(15(21)22)10-18-19(14)4/h10,12H,5-9,11H2,1-4H3,(H,21,22). The molecular formula is C17H27N3O4. The van der Waals surface area contributed by atoms with Crippen LogP contribution in [-0.4, -0.2) is 50.5 Å². The van der Waals surface area contributed by atoms with E-state index in [0.29, 0.717) is 18.9 Å². The molecule has 1 saturated heterocycles. The van der Waals surface area contributed by atoms with Crippen LogP contribution in [0.3, 0.4) is 0 Å². The average molecular weight is 337 g/mol. The monoisotopic (exact) mass is 337 g/mol. The molecule has 7 heteroatoms. The molecule has 1 amide bonds. The molecule has 1 aromatic heterocycles. The van der Waals surface area contributed by atoms with Gasteiger partial charge in [0.2, 0.25) is 0 Å². The lowest BCUT2D eigenvalue weighted by atomic mass is 9.92. The van der Waals surface area contributed by atoms with Gasteiger partial charge < -0.3 is 14.7 Å². The van der Waals surface area contributed by atoms with Crippen LogP contribution in [0.4, 0.5) is 4.79 Å². The number of carbonyl (C=O) groups is 2. The number of aryl methyl sites for hydroxylation is 1. The van der Waals surface area contributed by atoms with E-state index < -0.39 is 11.6 Å². The van der Waals surface area contributed by atoms with E-state index in [0.717, 1.165) is 31.5 Å².